The smallest absolute Gasteiger partial charge is 0.229 e. The highest BCUT2D eigenvalue weighted by Crippen LogP contribution is 2.18. The molecule has 1 aliphatic heterocycles. The quantitative estimate of drug-likeness (QED) is 0.640. The lowest BCUT2D eigenvalue weighted by atomic mass is 9.97. The van der Waals surface area contributed by atoms with Gasteiger partial charge in [0.15, 0.2) is 5.11 Å². The van der Waals surface area contributed by atoms with Gasteiger partial charge < -0.3 is 20.3 Å². The lowest BCUT2D eigenvalue weighted by molar-refractivity contribution is -0.121. The number of amides is 1. The first-order chi connectivity index (χ1) is 10.7. The number of benzene rings is 1. The predicted octanol–water partition coefficient (Wildman–Crippen LogP) is 1.86. The first kappa shape index (κ1) is 16.7. The lowest BCUT2D eigenvalue weighted by Gasteiger charge is -2.34. The van der Waals surface area contributed by atoms with Crippen molar-refractivity contribution < 1.29 is 9.53 Å². The summed E-state index contributed by atoms with van der Waals surface area (Å²) in [6.07, 6.45) is 1.87. The van der Waals surface area contributed by atoms with Crippen molar-refractivity contribution in [2.45, 2.75) is 12.8 Å². The van der Waals surface area contributed by atoms with Gasteiger partial charge in [0.25, 0.3) is 0 Å². The van der Waals surface area contributed by atoms with Gasteiger partial charge in [0.1, 0.15) is 0 Å². The van der Waals surface area contributed by atoms with Crippen molar-refractivity contribution in [3.05, 3.63) is 30.3 Å². The Morgan fingerprint density at radius 3 is 2.91 bits per heavy atom. The lowest BCUT2D eigenvalue weighted by Crippen LogP contribution is -2.48. The van der Waals surface area contributed by atoms with Gasteiger partial charge in [0.05, 0.1) is 12.5 Å². The van der Waals surface area contributed by atoms with Gasteiger partial charge >= 0.3 is 0 Å². The largest absolute Gasteiger partial charge is 0.383 e. The number of thiocarbonyl (C=S) groups is 1. The Labute approximate surface area is 137 Å². The van der Waals surface area contributed by atoms with Crippen molar-refractivity contribution in [2.24, 2.45) is 5.92 Å². The molecule has 2 rings (SSSR count). The molecule has 1 atom stereocenters. The van der Waals surface area contributed by atoms with Gasteiger partial charge in [-0.05, 0) is 37.2 Å². The Hall–Kier alpha value is -1.66. The normalized spacial score (nSPS) is 17.9. The monoisotopic (exact) mass is 321 g/mol. The number of ether oxygens (including phenoxy) is 1. The van der Waals surface area contributed by atoms with Gasteiger partial charge in [-0.25, -0.2) is 0 Å². The number of nitrogens with one attached hydrogen (secondary N) is 2. The van der Waals surface area contributed by atoms with Crippen LogP contribution in [0.3, 0.4) is 0 Å². The van der Waals surface area contributed by atoms with Crippen LogP contribution in [0.5, 0.6) is 0 Å². The number of hydrogen-bond acceptors (Lipinski definition) is 3. The van der Waals surface area contributed by atoms with Gasteiger partial charge in [-0.15, -0.1) is 0 Å². The molecule has 0 radical (unpaired) electrons. The van der Waals surface area contributed by atoms with E-state index in [1.54, 1.807) is 7.11 Å². The molecule has 1 fully saturated rings. The van der Waals surface area contributed by atoms with E-state index < -0.39 is 0 Å². The molecule has 1 unspecified atom stereocenters. The summed E-state index contributed by atoms with van der Waals surface area (Å²) in [5.74, 6) is 0.0340. The summed E-state index contributed by atoms with van der Waals surface area (Å²) in [6, 6.07) is 9.56. The number of hydrogen-bond donors (Lipinski definition) is 2. The van der Waals surface area contributed by atoms with Crippen LogP contribution in [-0.4, -0.2) is 49.3 Å². The van der Waals surface area contributed by atoms with Gasteiger partial charge in [-0.3, -0.25) is 4.79 Å². The van der Waals surface area contributed by atoms with Crippen molar-refractivity contribution >= 4 is 28.9 Å². The third-order valence-corrected chi connectivity index (χ3v) is 4.11. The summed E-state index contributed by atoms with van der Waals surface area (Å²) < 4.78 is 5.00. The second-order valence-corrected chi connectivity index (χ2v) is 5.75. The number of carbonyl (C=O) groups excluding carboxylic acids is 1. The number of para-hydroxylation sites is 1. The summed E-state index contributed by atoms with van der Waals surface area (Å²) in [4.78, 5) is 14.4. The Morgan fingerprint density at radius 2 is 2.18 bits per heavy atom. The Bertz CT molecular complexity index is 495. The van der Waals surface area contributed by atoms with E-state index in [0.29, 0.717) is 24.8 Å². The molecule has 2 N–H and O–H groups in total. The molecule has 0 bridgehead atoms. The molecule has 1 heterocycles. The highest BCUT2D eigenvalue weighted by Gasteiger charge is 2.26. The number of carbonyl (C=O) groups is 1. The van der Waals surface area contributed by atoms with Crippen LogP contribution in [-0.2, 0) is 9.53 Å². The van der Waals surface area contributed by atoms with Gasteiger partial charge in [-0.2, -0.15) is 0 Å². The summed E-state index contributed by atoms with van der Waals surface area (Å²) in [5.41, 5.74) is 0.838. The first-order valence-electron chi connectivity index (χ1n) is 7.58. The van der Waals surface area contributed by atoms with Crippen molar-refractivity contribution in [2.75, 3.05) is 38.7 Å². The maximum Gasteiger partial charge on any atom is 0.229 e. The molecule has 1 saturated heterocycles. The summed E-state index contributed by atoms with van der Waals surface area (Å²) >= 11 is 5.38. The van der Waals surface area contributed by atoms with E-state index in [1.165, 1.54) is 0 Å². The zero-order chi connectivity index (χ0) is 15.8. The molecule has 0 saturated carbocycles. The number of anilines is 1. The van der Waals surface area contributed by atoms with Crippen LogP contribution in [0.2, 0.25) is 0 Å². The topological polar surface area (TPSA) is 53.6 Å². The second kappa shape index (κ2) is 8.70. The predicted molar refractivity (Wildman–Crippen MR) is 91.8 cm³/mol. The van der Waals surface area contributed by atoms with Crippen LogP contribution in [0.1, 0.15) is 12.8 Å². The molecule has 22 heavy (non-hydrogen) atoms. The van der Waals surface area contributed by atoms with Gasteiger partial charge in [0, 0.05) is 32.4 Å². The fraction of sp³-hybridized carbons (Fsp3) is 0.500. The highest BCUT2D eigenvalue weighted by molar-refractivity contribution is 7.80. The van der Waals surface area contributed by atoms with E-state index >= 15 is 0 Å². The summed E-state index contributed by atoms with van der Waals surface area (Å²) in [6.45, 7) is 2.87. The minimum atomic E-state index is -0.0314. The minimum absolute atomic E-state index is 0.0314. The molecule has 0 aromatic heterocycles. The number of likely N-dealkylation sites (tertiary alicyclic amines) is 1. The number of piperidine rings is 1. The molecule has 1 aromatic carbocycles. The third kappa shape index (κ3) is 4.96. The van der Waals surface area contributed by atoms with Crippen molar-refractivity contribution in [3.63, 3.8) is 0 Å². The van der Waals surface area contributed by atoms with Crippen LogP contribution < -0.4 is 10.6 Å². The molecule has 0 aliphatic carbocycles. The molecule has 6 heteroatoms. The SMILES string of the molecule is COCCNC(=S)N1CCCC(C(=O)Nc2ccccc2)C1. The van der Waals surface area contributed by atoms with E-state index in [1.807, 2.05) is 30.3 Å². The van der Waals surface area contributed by atoms with Crippen LogP contribution in [0.25, 0.3) is 0 Å². The van der Waals surface area contributed by atoms with Crippen LogP contribution in [0, 0.1) is 5.92 Å². The van der Waals surface area contributed by atoms with E-state index in [2.05, 4.69) is 15.5 Å². The van der Waals surface area contributed by atoms with Gasteiger partial charge in [0.2, 0.25) is 5.91 Å². The van der Waals surface area contributed by atoms with Gasteiger partial charge in [-0.1, -0.05) is 18.2 Å². The number of rotatable bonds is 5. The van der Waals surface area contributed by atoms with Crippen molar-refractivity contribution in [3.8, 4) is 0 Å². The zero-order valence-corrected chi connectivity index (χ0v) is 13.7. The average molecular weight is 321 g/mol. The Kier molecular flexibility index (Phi) is 6.61. The fourth-order valence-corrected chi connectivity index (χ4v) is 2.78. The van der Waals surface area contributed by atoms with Crippen LogP contribution in [0.15, 0.2) is 30.3 Å². The fourth-order valence-electron chi connectivity index (χ4n) is 2.51. The van der Waals surface area contributed by atoms with E-state index in [0.717, 1.165) is 25.1 Å². The molecule has 0 spiro atoms. The second-order valence-electron chi connectivity index (χ2n) is 5.37. The Balaban J connectivity index is 1.84. The third-order valence-electron chi connectivity index (χ3n) is 3.70. The first-order valence-corrected chi connectivity index (χ1v) is 7.99. The molecular formula is C16H23N3O2S. The molecule has 1 aliphatic rings. The Morgan fingerprint density at radius 1 is 1.41 bits per heavy atom. The minimum Gasteiger partial charge on any atom is -0.383 e. The maximum atomic E-state index is 12.4. The van der Waals surface area contributed by atoms with E-state index in [-0.39, 0.29) is 11.8 Å². The van der Waals surface area contributed by atoms with Crippen molar-refractivity contribution in [1.29, 1.82) is 0 Å². The number of nitrogens with zero attached hydrogens (tertiary/aromatic N) is 1. The summed E-state index contributed by atoms with van der Waals surface area (Å²) in [7, 11) is 1.66. The molecule has 1 aromatic rings. The standard InChI is InChI=1S/C16H23N3O2S/c1-21-11-9-17-16(22)19-10-5-6-13(12-19)15(20)18-14-7-3-2-4-8-14/h2-4,7-8,13H,5-6,9-12H2,1H3,(H,17,22)(H,18,20). The number of methoxy groups -OCH3 is 1. The molecular weight excluding hydrogens is 298 g/mol. The van der Waals surface area contributed by atoms with E-state index in [9.17, 15) is 4.79 Å². The summed E-state index contributed by atoms with van der Waals surface area (Å²) in [5, 5.41) is 6.84. The molecule has 120 valence electrons. The maximum absolute atomic E-state index is 12.4. The zero-order valence-electron chi connectivity index (χ0n) is 12.9. The molecule has 5 nitrogen and oxygen atoms in total. The van der Waals surface area contributed by atoms with Crippen LogP contribution >= 0.6 is 12.2 Å². The van der Waals surface area contributed by atoms with E-state index in [4.69, 9.17) is 17.0 Å². The average Bonchev–Trinajstić information content (AvgIpc) is 2.56. The molecule has 1 amide bonds. The highest BCUT2D eigenvalue weighted by atomic mass is 32.1. The van der Waals surface area contributed by atoms with Crippen LogP contribution in [0.4, 0.5) is 5.69 Å². The van der Waals surface area contributed by atoms with Crippen molar-refractivity contribution in [1.82, 2.24) is 10.2 Å².